The number of hydrogen-bond acceptors (Lipinski definition) is 4. The number of nitrogens with zero attached hydrogens (tertiary/aromatic N) is 1. The second-order valence-electron chi connectivity index (χ2n) is 3.98. The fourth-order valence-electron chi connectivity index (χ4n) is 1.87. The van der Waals surface area contributed by atoms with Crippen LogP contribution in [0.3, 0.4) is 0 Å². The van der Waals surface area contributed by atoms with Gasteiger partial charge in [-0.25, -0.2) is 0 Å². The van der Waals surface area contributed by atoms with Crippen LogP contribution in [0.2, 0.25) is 0 Å². The first-order chi connectivity index (χ1) is 7.74. The van der Waals surface area contributed by atoms with E-state index in [1.807, 2.05) is 0 Å². The molecule has 0 radical (unpaired) electrons. The van der Waals surface area contributed by atoms with E-state index in [-0.39, 0.29) is 6.23 Å². The van der Waals surface area contributed by atoms with Crippen molar-refractivity contribution in [1.29, 1.82) is 0 Å². The summed E-state index contributed by atoms with van der Waals surface area (Å²) in [6.45, 7) is 5.07. The molecule has 0 spiro atoms. The van der Waals surface area contributed by atoms with E-state index in [4.69, 9.17) is 14.2 Å². The topological polar surface area (TPSA) is 59.0 Å². The maximum absolute atomic E-state index is 10.8. The predicted octanol–water partition coefficient (Wildman–Crippen LogP) is 1.62. The first-order valence-electron chi connectivity index (χ1n) is 5.95. The molecule has 1 fully saturated rings. The second kappa shape index (κ2) is 8.20. The van der Waals surface area contributed by atoms with Crippen molar-refractivity contribution < 1.29 is 18.7 Å². The van der Waals surface area contributed by atoms with Crippen molar-refractivity contribution >= 4 is 8.25 Å². The largest absolute Gasteiger partial charge is 0.379 e. The lowest BCUT2D eigenvalue weighted by Gasteiger charge is -2.33. The zero-order chi connectivity index (χ0) is 11.8. The van der Waals surface area contributed by atoms with Gasteiger partial charge in [-0.1, -0.05) is 19.8 Å². The molecular weight excluding hydrogens is 229 g/mol. The maximum atomic E-state index is 10.8. The van der Waals surface area contributed by atoms with Gasteiger partial charge in [0.1, 0.15) is 6.23 Å². The number of ether oxygens (including phenoxy) is 1. The average molecular weight is 251 g/mol. The van der Waals surface area contributed by atoms with E-state index in [0.29, 0.717) is 13.2 Å². The lowest BCUT2D eigenvalue weighted by atomic mass is 10.2. The highest BCUT2D eigenvalue weighted by atomic mass is 31.1. The minimum Gasteiger partial charge on any atom is -0.379 e. The fourth-order valence-corrected chi connectivity index (χ4v) is 2.37. The van der Waals surface area contributed by atoms with Crippen LogP contribution in [-0.2, 0) is 13.8 Å². The standard InChI is InChI=1S/C10H22NO4P/c1-2-3-4-5-10(15-16(12)13)11-6-8-14-9-7-11/h10,16H,2-9H2,1H3,(H,12,13). The van der Waals surface area contributed by atoms with Crippen LogP contribution in [0.15, 0.2) is 0 Å². The molecule has 2 unspecified atom stereocenters. The van der Waals surface area contributed by atoms with Crippen molar-refractivity contribution in [1.82, 2.24) is 4.90 Å². The zero-order valence-corrected chi connectivity index (χ0v) is 10.9. The van der Waals surface area contributed by atoms with Gasteiger partial charge in [0.2, 0.25) is 0 Å². The van der Waals surface area contributed by atoms with Gasteiger partial charge >= 0.3 is 8.25 Å². The molecule has 5 nitrogen and oxygen atoms in total. The summed E-state index contributed by atoms with van der Waals surface area (Å²) in [6.07, 6.45) is 3.92. The van der Waals surface area contributed by atoms with Crippen LogP contribution < -0.4 is 0 Å². The molecule has 1 aliphatic heterocycles. The molecular formula is C10H22NO4P. The highest BCUT2D eigenvalue weighted by Crippen LogP contribution is 2.24. The van der Waals surface area contributed by atoms with Crippen LogP contribution in [-0.4, -0.2) is 42.3 Å². The van der Waals surface area contributed by atoms with Crippen LogP contribution in [0.5, 0.6) is 0 Å². The molecule has 1 N–H and O–H groups in total. The molecule has 2 atom stereocenters. The van der Waals surface area contributed by atoms with Gasteiger partial charge in [0, 0.05) is 13.1 Å². The van der Waals surface area contributed by atoms with Crippen LogP contribution in [0.4, 0.5) is 0 Å². The first-order valence-corrected chi connectivity index (χ1v) is 7.21. The highest BCUT2D eigenvalue weighted by Gasteiger charge is 2.22. The molecule has 0 amide bonds. The van der Waals surface area contributed by atoms with Gasteiger partial charge < -0.3 is 9.63 Å². The summed E-state index contributed by atoms with van der Waals surface area (Å²) in [5.41, 5.74) is 0. The van der Waals surface area contributed by atoms with Crippen LogP contribution in [0.25, 0.3) is 0 Å². The molecule has 0 aromatic heterocycles. The van der Waals surface area contributed by atoms with Crippen LogP contribution >= 0.6 is 8.25 Å². The predicted molar refractivity (Wildman–Crippen MR) is 62.6 cm³/mol. The number of unbranched alkanes of at least 4 members (excludes halogenated alkanes) is 2. The molecule has 1 heterocycles. The lowest BCUT2D eigenvalue weighted by molar-refractivity contribution is -0.0503. The molecule has 0 aromatic carbocycles. The molecule has 6 heteroatoms. The summed E-state index contributed by atoms with van der Waals surface area (Å²) in [4.78, 5) is 11.0. The summed E-state index contributed by atoms with van der Waals surface area (Å²) < 4.78 is 21.1. The van der Waals surface area contributed by atoms with E-state index >= 15 is 0 Å². The molecule has 16 heavy (non-hydrogen) atoms. The Morgan fingerprint density at radius 2 is 2.12 bits per heavy atom. The van der Waals surface area contributed by atoms with Gasteiger partial charge in [0.05, 0.1) is 13.2 Å². The van der Waals surface area contributed by atoms with Gasteiger partial charge in [-0.15, -0.1) is 0 Å². The Kier molecular flexibility index (Phi) is 7.25. The monoisotopic (exact) mass is 251 g/mol. The first kappa shape index (κ1) is 14.1. The third-order valence-corrected chi connectivity index (χ3v) is 3.22. The molecule has 0 saturated carbocycles. The van der Waals surface area contributed by atoms with Gasteiger partial charge in [0.25, 0.3) is 0 Å². The summed E-state index contributed by atoms with van der Waals surface area (Å²) in [5.74, 6) is 0. The SMILES string of the molecule is CCCCCC(O[PH](=O)O)N1CCOCC1. The summed E-state index contributed by atoms with van der Waals surface area (Å²) >= 11 is 0. The average Bonchev–Trinajstić information content (AvgIpc) is 2.29. The quantitative estimate of drug-likeness (QED) is 0.550. The molecule has 1 saturated heterocycles. The smallest absolute Gasteiger partial charge is 0.318 e. The van der Waals surface area contributed by atoms with E-state index in [1.54, 1.807) is 0 Å². The summed E-state index contributed by atoms with van der Waals surface area (Å²) in [5, 5.41) is 0. The molecule has 0 aromatic rings. The lowest BCUT2D eigenvalue weighted by Crippen LogP contribution is -2.44. The zero-order valence-electron chi connectivity index (χ0n) is 9.85. The van der Waals surface area contributed by atoms with Crippen LogP contribution in [0, 0.1) is 0 Å². The molecule has 0 aliphatic carbocycles. The molecule has 0 bridgehead atoms. The summed E-state index contributed by atoms with van der Waals surface area (Å²) in [7, 11) is -2.85. The molecule has 96 valence electrons. The Bertz CT molecular complexity index is 209. The van der Waals surface area contributed by atoms with Gasteiger partial charge in [-0.2, -0.15) is 0 Å². The van der Waals surface area contributed by atoms with E-state index in [1.165, 1.54) is 0 Å². The third-order valence-electron chi connectivity index (χ3n) is 2.74. The molecule has 1 aliphatic rings. The number of hydrogen-bond donors (Lipinski definition) is 1. The Balaban J connectivity index is 2.37. The molecule has 1 rings (SSSR count). The van der Waals surface area contributed by atoms with Crippen molar-refractivity contribution in [2.75, 3.05) is 26.3 Å². The normalized spacial score (nSPS) is 21.9. The maximum Gasteiger partial charge on any atom is 0.318 e. The van der Waals surface area contributed by atoms with Crippen LogP contribution in [0.1, 0.15) is 32.6 Å². The van der Waals surface area contributed by atoms with Gasteiger partial charge in [0.15, 0.2) is 0 Å². The van der Waals surface area contributed by atoms with Crippen molar-refractivity contribution in [3.8, 4) is 0 Å². The van der Waals surface area contributed by atoms with E-state index in [0.717, 1.165) is 38.8 Å². The van der Waals surface area contributed by atoms with Gasteiger partial charge in [-0.05, 0) is 12.8 Å². The van der Waals surface area contributed by atoms with E-state index in [2.05, 4.69) is 11.8 Å². The van der Waals surface area contributed by atoms with Crippen molar-refractivity contribution in [3.63, 3.8) is 0 Å². The van der Waals surface area contributed by atoms with Crippen molar-refractivity contribution in [3.05, 3.63) is 0 Å². The summed E-state index contributed by atoms with van der Waals surface area (Å²) in [6, 6.07) is 0. The highest BCUT2D eigenvalue weighted by molar-refractivity contribution is 7.32. The van der Waals surface area contributed by atoms with Crippen molar-refractivity contribution in [2.24, 2.45) is 0 Å². The minimum atomic E-state index is -2.85. The van der Waals surface area contributed by atoms with E-state index in [9.17, 15) is 4.57 Å². The van der Waals surface area contributed by atoms with Crippen molar-refractivity contribution in [2.45, 2.75) is 38.8 Å². The Morgan fingerprint density at radius 1 is 1.44 bits per heavy atom. The number of morpholine rings is 1. The Morgan fingerprint density at radius 3 is 2.69 bits per heavy atom. The fraction of sp³-hybridized carbons (Fsp3) is 1.00. The third kappa shape index (κ3) is 5.41. The number of rotatable bonds is 7. The Hall–Kier alpha value is 0.0700. The minimum absolute atomic E-state index is 0.216. The Labute approximate surface area is 97.7 Å². The van der Waals surface area contributed by atoms with Gasteiger partial charge in [-0.3, -0.25) is 14.0 Å². The second-order valence-corrected chi connectivity index (χ2v) is 4.75. The van der Waals surface area contributed by atoms with E-state index < -0.39 is 8.25 Å².